The van der Waals surface area contributed by atoms with Crippen molar-refractivity contribution in [2.24, 2.45) is 5.73 Å². The molecule has 0 fully saturated rings. The zero-order chi connectivity index (χ0) is 14.4. The van der Waals surface area contributed by atoms with Gasteiger partial charge in [0.1, 0.15) is 0 Å². The van der Waals surface area contributed by atoms with Crippen molar-refractivity contribution in [3.63, 3.8) is 0 Å². The number of hydrogen-bond acceptors (Lipinski definition) is 2. The van der Waals surface area contributed by atoms with Crippen molar-refractivity contribution in [2.75, 3.05) is 0 Å². The summed E-state index contributed by atoms with van der Waals surface area (Å²) >= 11 is 0. The molecule has 2 aromatic carbocycles. The Kier molecular flexibility index (Phi) is 4.45. The van der Waals surface area contributed by atoms with Crippen molar-refractivity contribution in [3.05, 3.63) is 77.4 Å². The Labute approximate surface area is 117 Å². The number of primary amides is 1. The lowest BCUT2D eigenvalue weighted by Crippen LogP contribution is -2.05. The monoisotopic (exact) mass is 265 g/mol. The van der Waals surface area contributed by atoms with Gasteiger partial charge in [0.2, 0.25) is 5.91 Å². The Morgan fingerprint density at radius 3 is 2.20 bits per heavy atom. The summed E-state index contributed by atoms with van der Waals surface area (Å²) in [7, 11) is 0. The molecular weight excluding hydrogens is 250 g/mol. The molecule has 2 N–H and O–H groups in total. The Bertz CT molecular complexity index is 628. The van der Waals surface area contributed by atoms with Gasteiger partial charge in [-0.05, 0) is 17.2 Å². The van der Waals surface area contributed by atoms with E-state index in [-0.39, 0.29) is 5.78 Å². The molecule has 0 atom stereocenters. The van der Waals surface area contributed by atoms with Crippen molar-refractivity contribution in [2.45, 2.75) is 6.42 Å². The fourth-order valence-electron chi connectivity index (χ4n) is 1.84. The van der Waals surface area contributed by atoms with E-state index < -0.39 is 5.91 Å². The second-order valence-electron chi connectivity index (χ2n) is 4.44. The molecule has 0 heterocycles. The van der Waals surface area contributed by atoms with E-state index in [1.807, 2.05) is 30.3 Å². The van der Waals surface area contributed by atoms with Crippen LogP contribution in [-0.4, -0.2) is 11.7 Å². The van der Waals surface area contributed by atoms with Crippen LogP contribution in [0.4, 0.5) is 0 Å². The van der Waals surface area contributed by atoms with Crippen LogP contribution >= 0.6 is 0 Å². The number of ketones is 1. The number of benzene rings is 2. The molecule has 1 amide bonds. The van der Waals surface area contributed by atoms with Gasteiger partial charge in [-0.1, -0.05) is 54.6 Å². The highest BCUT2D eigenvalue weighted by Gasteiger charge is 2.06. The molecule has 0 radical (unpaired) electrons. The maximum Gasteiger partial charge on any atom is 0.241 e. The lowest BCUT2D eigenvalue weighted by atomic mass is 10.0. The minimum atomic E-state index is -0.491. The molecule has 0 aliphatic rings. The normalized spacial score (nSPS) is 10.6. The molecule has 100 valence electrons. The molecule has 20 heavy (non-hydrogen) atoms. The van der Waals surface area contributed by atoms with Crippen LogP contribution in [0.1, 0.15) is 21.5 Å². The minimum Gasteiger partial charge on any atom is -0.366 e. The van der Waals surface area contributed by atoms with Gasteiger partial charge in [0.25, 0.3) is 0 Å². The molecule has 3 heteroatoms. The van der Waals surface area contributed by atoms with Crippen LogP contribution in [0.25, 0.3) is 6.08 Å². The number of rotatable bonds is 5. The lowest BCUT2D eigenvalue weighted by Gasteiger charge is -2.02. The van der Waals surface area contributed by atoms with Crippen molar-refractivity contribution >= 4 is 17.8 Å². The molecule has 0 unspecified atom stereocenters. The molecule has 0 aliphatic carbocycles. The third-order valence-corrected chi connectivity index (χ3v) is 2.88. The van der Waals surface area contributed by atoms with E-state index in [0.29, 0.717) is 12.0 Å². The Balaban J connectivity index is 2.06. The summed E-state index contributed by atoms with van der Waals surface area (Å²) in [6.07, 6.45) is 3.30. The predicted molar refractivity (Wildman–Crippen MR) is 79.1 cm³/mol. The van der Waals surface area contributed by atoms with Crippen LogP contribution in [-0.2, 0) is 11.2 Å². The number of amides is 1. The summed E-state index contributed by atoms with van der Waals surface area (Å²) in [5.41, 5.74) is 7.51. The molecule has 2 rings (SSSR count). The van der Waals surface area contributed by atoms with Gasteiger partial charge >= 0.3 is 0 Å². The highest BCUT2D eigenvalue weighted by molar-refractivity contribution is 5.97. The molecule has 3 nitrogen and oxygen atoms in total. The fourth-order valence-corrected chi connectivity index (χ4v) is 1.84. The largest absolute Gasteiger partial charge is 0.366 e. The van der Waals surface area contributed by atoms with Gasteiger partial charge in [-0.25, -0.2) is 0 Å². The molecule has 0 saturated carbocycles. The Hall–Kier alpha value is -2.68. The number of nitrogens with two attached hydrogens (primary N) is 1. The van der Waals surface area contributed by atoms with E-state index in [9.17, 15) is 9.59 Å². The van der Waals surface area contributed by atoms with Gasteiger partial charge in [-0.15, -0.1) is 0 Å². The van der Waals surface area contributed by atoms with Crippen LogP contribution in [0.15, 0.2) is 60.7 Å². The van der Waals surface area contributed by atoms with E-state index >= 15 is 0 Å². The summed E-state index contributed by atoms with van der Waals surface area (Å²) in [5, 5.41) is 0. The van der Waals surface area contributed by atoms with Gasteiger partial charge in [0.15, 0.2) is 5.78 Å². The molecule has 0 aromatic heterocycles. The second-order valence-corrected chi connectivity index (χ2v) is 4.44. The van der Waals surface area contributed by atoms with Crippen molar-refractivity contribution < 1.29 is 9.59 Å². The van der Waals surface area contributed by atoms with Gasteiger partial charge < -0.3 is 5.73 Å². The van der Waals surface area contributed by atoms with Crippen LogP contribution in [0.2, 0.25) is 0 Å². The van der Waals surface area contributed by atoms with Crippen molar-refractivity contribution in [1.82, 2.24) is 0 Å². The maximum atomic E-state index is 12.1. The van der Waals surface area contributed by atoms with Gasteiger partial charge in [0.05, 0.1) is 0 Å². The highest BCUT2D eigenvalue weighted by Crippen LogP contribution is 2.10. The first-order valence-electron chi connectivity index (χ1n) is 6.30. The van der Waals surface area contributed by atoms with Crippen LogP contribution < -0.4 is 5.73 Å². The average molecular weight is 265 g/mol. The number of carbonyl (C=O) groups is 2. The molecule has 0 saturated heterocycles. The number of hydrogen-bond donors (Lipinski definition) is 1. The average Bonchev–Trinajstić information content (AvgIpc) is 2.46. The topological polar surface area (TPSA) is 60.2 Å². The number of carbonyl (C=O) groups excluding carboxylic acids is 2. The first kappa shape index (κ1) is 13.7. The second kappa shape index (κ2) is 6.48. The SMILES string of the molecule is NC(=O)C=Cc1ccc(C(=O)Cc2ccccc2)cc1. The van der Waals surface area contributed by atoms with Gasteiger partial charge in [-0.3, -0.25) is 9.59 Å². The van der Waals surface area contributed by atoms with E-state index in [4.69, 9.17) is 5.73 Å². The quantitative estimate of drug-likeness (QED) is 0.667. The zero-order valence-corrected chi connectivity index (χ0v) is 11.0. The summed E-state index contributed by atoms with van der Waals surface area (Å²) in [4.78, 5) is 22.7. The summed E-state index contributed by atoms with van der Waals surface area (Å²) in [5.74, 6) is -0.420. The molecule has 0 aliphatic heterocycles. The van der Waals surface area contributed by atoms with Crippen molar-refractivity contribution in [3.8, 4) is 0 Å². The smallest absolute Gasteiger partial charge is 0.241 e. The Morgan fingerprint density at radius 2 is 1.60 bits per heavy atom. The minimum absolute atomic E-state index is 0.0710. The van der Waals surface area contributed by atoms with Crippen LogP contribution in [0, 0.1) is 0 Å². The first-order chi connectivity index (χ1) is 9.65. The highest BCUT2D eigenvalue weighted by atomic mass is 16.1. The molecule has 0 bridgehead atoms. The third-order valence-electron chi connectivity index (χ3n) is 2.88. The number of Topliss-reactive ketones (excluding diaryl/α,β-unsaturated/α-hetero) is 1. The van der Waals surface area contributed by atoms with Crippen molar-refractivity contribution in [1.29, 1.82) is 0 Å². The maximum absolute atomic E-state index is 12.1. The first-order valence-corrected chi connectivity index (χ1v) is 6.30. The molecular formula is C17H15NO2. The fraction of sp³-hybridized carbons (Fsp3) is 0.0588. The standard InChI is InChI=1S/C17H15NO2/c18-17(20)11-8-13-6-9-15(10-7-13)16(19)12-14-4-2-1-3-5-14/h1-11H,12H2,(H2,18,20). The summed E-state index contributed by atoms with van der Waals surface area (Å²) in [6, 6.07) is 16.7. The van der Waals surface area contributed by atoms with Crippen LogP contribution in [0.5, 0.6) is 0 Å². The van der Waals surface area contributed by atoms with Gasteiger partial charge in [0, 0.05) is 18.1 Å². The van der Waals surface area contributed by atoms with Gasteiger partial charge in [-0.2, -0.15) is 0 Å². The Morgan fingerprint density at radius 1 is 0.950 bits per heavy atom. The zero-order valence-electron chi connectivity index (χ0n) is 11.0. The molecule has 0 spiro atoms. The lowest BCUT2D eigenvalue weighted by molar-refractivity contribution is -0.113. The predicted octanol–water partition coefficient (Wildman–Crippen LogP) is 2.61. The van der Waals surface area contributed by atoms with E-state index in [2.05, 4.69) is 0 Å². The molecule has 2 aromatic rings. The van der Waals surface area contributed by atoms with E-state index in [0.717, 1.165) is 11.1 Å². The third kappa shape index (κ3) is 3.92. The summed E-state index contributed by atoms with van der Waals surface area (Å²) in [6.45, 7) is 0. The van der Waals surface area contributed by atoms with E-state index in [1.54, 1.807) is 30.3 Å². The summed E-state index contributed by atoms with van der Waals surface area (Å²) < 4.78 is 0. The van der Waals surface area contributed by atoms with E-state index in [1.165, 1.54) is 6.08 Å². The van der Waals surface area contributed by atoms with Crippen LogP contribution in [0.3, 0.4) is 0 Å².